The molecule has 1 aliphatic heterocycles. The standard InChI is InChI=1S/C46H75N13O11S2/c1-5-26(4)38(58-43(67)31(55-39(63)28(47)23-71)20-27-12-7-6-8-13-27)45(69)54-30(14-9-17-35(48)60)41(65)56-32(21-36(49)61)42(66)57-33(24-72)46(70)59-19-11-16-34(59)44(68)53-29(15-10-18-51-25(2)3)40(64)52-22-37(50)62/h6-8,12-13,25-26,28-34,38,51,71-72H,5,9-11,14-24,47H2,1-4H3,(H2,48,60)(H2,49,61)(H2,50,62)(H,52,64)(H,53,68)(H,54,69)(H,55,63)(H,56,65)(H,57,66)(H,58,67)/t26-,28-,29-,30-,31-,32-,33-,34-,38-/m0/s1. The van der Waals surface area contributed by atoms with Gasteiger partial charge < -0.3 is 70.4 Å². The van der Waals surface area contributed by atoms with E-state index in [0.29, 0.717) is 31.4 Å². The minimum atomic E-state index is -1.72. The molecular weight excluding hydrogens is 975 g/mol. The fraction of sp³-hybridized carbons (Fsp3) is 0.630. The third-order valence-electron chi connectivity index (χ3n) is 11.8. The average molecular weight is 1050 g/mol. The molecule has 1 aromatic carbocycles. The topological polar surface area (TPSA) is 391 Å². The summed E-state index contributed by atoms with van der Waals surface area (Å²) in [6.45, 7) is 7.49. The number of carbonyl (C=O) groups excluding carboxylic acids is 11. The van der Waals surface area contributed by atoms with Crippen LogP contribution in [0.2, 0.25) is 0 Å². The highest BCUT2D eigenvalue weighted by molar-refractivity contribution is 7.80. The molecule has 0 bridgehead atoms. The molecule has 24 nitrogen and oxygen atoms in total. The summed E-state index contributed by atoms with van der Waals surface area (Å²) in [5, 5.41) is 21.1. The Bertz CT molecular complexity index is 2040. The van der Waals surface area contributed by atoms with Crippen molar-refractivity contribution in [2.24, 2.45) is 28.9 Å². The Morgan fingerprint density at radius 2 is 1.25 bits per heavy atom. The van der Waals surface area contributed by atoms with Crippen LogP contribution in [-0.4, -0.2) is 155 Å². The van der Waals surface area contributed by atoms with Crippen molar-refractivity contribution in [3.8, 4) is 0 Å². The molecule has 1 aliphatic rings. The lowest BCUT2D eigenvalue weighted by Crippen LogP contribution is -2.61. The molecule has 0 spiro atoms. The third kappa shape index (κ3) is 21.8. The van der Waals surface area contributed by atoms with E-state index in [0.717, 1.165) is 0 Å². The summed E-state index contributed by atoms with van der Waals surface area (Å²) < 4.78 is 0. The van der Waals surface area contributed by atoms with Gasteiger partial charge in [-0.3, -0.25) is 52.7 Å². The Hall–Kier alpha value is -5.99. The van der Waals surface area contributed by atoms with E-state index in [4.69, 9.17) is 22.9 Å². The number of nitrogens with two attached hydrogens (primary N) is 4. The number of rotatable bonds is 33. The number of likely N-dealkylation sites (tertiary alicyclic amines) is 1. The summed E-state index contributed by atoms with van der Waals surface area (Å²) in [5.74, 6) is -9.72. The number of hydrogen-bond acceptors (Lipinski definition) is 15. The maximum atomic E-state index is 14.1. The lowest BCUT2D eigenvalue weighted by atomic mass is 9.96. The molecule has 72 heavy (non-hydrogen) atoms. The quantitative estimate of drug-likeness (QED) is 0.0238. The Balaban J connectivity index is 2.35. The van der Waals surface area contributed by atoms with Gasteiger partial charge in [0, 0.05) is 36.9 Å². The van der Waals surface area contributed by atoms with Crippen LogP contribution in [0.4, 0.5) is 0 Å². The van der Waals surface area contributed by atoms with Crippen molar-refractivity contribution in [2.75, 3.05) is 31.1 Å². The van der Waals surface area contributed by atoms with Crippen LogP contribution < -0.4 is 65.5 Å². The predicted octanol–water partition coefficient (Wildman–Crippen LogP) is -3.73. The molecule has 1 aromatic rings. The van der Waals surface area contributed by atoms with Crippen LogP contribution in [0, 0.1) is 5.92 Å². The summed E-state index contributed by atoms with van der Waals surface area (Å²) in [6.07, 6.45) is 0.429. The van der Waals surface area contributed by atoms with Gasteiger partial charge in [-0.15, -0.1) is 0 Å². The number of thiol groups is 2. The van der Waals surface area contributed by atoms with E-state index in [9.17, 15) is 52.7 Å². The normalized spacial score (nSPS) is 16.6. The van der Waals surface area contributed by atoms with Gasteiger partial charge in [-0.1, -0.05) is 64.4 Å². The molecule has 11 amide bonds. The fourth-order valence-electron chi connectivity index (χ4n) is 7.56. The first-order valence-electron chi connectivity index (χ1n) is 24.0. The number of nitrogens with one attached hydrogen (secondary N) is 8. The summed E-state index contributed by atoms with van der Waals surface area (Å²) in [7, 11) is 0. The van der Waals surface area contributed by atoms with Gasteiger partial charge >= 0.3 is 0 Å². The number of nitrogens with zero attached hydrogens (tertiary/aromatic N) is 1. The zero-order valence-corrected chi connectivity index (χ0v) is 43.2. The van der Waals surface area contributed by atoms with Crippen molar-refractivity contribution in [1.82, 2.24) is 47.4 Å². The van der Waals surface area contributed by atoms with Crippen molar-refractivity contribution in [3.63, 3.8) is 0 Å². The second kappa shape index (κ2) is 32.2. The first kappa shape index (κ1) is 62.1. The molecule has 1 heterocycles. The molecule has 402 valence electrons. The summed E-state index contributed by atoms with van der Waals surface area (Å²) in [4.78, 5) is 146. The molecule has 0 aromatic heterocycles. The number of benzene rings is 1. The summed E-state index contributed by atoms with van der Waals surface area (Å²) in [5.41, 5.74) is 22.6. The molecular formula is C46H75N13O11S2. The van der Waals surface area contributed by atoms with Crippen LogP contribution in [0.3, 0.4) is 0 Å². The Labute approximate surface area is 431 Å². The highest BCUT2D eigenvalue weighted by Gasteiger charge is 2.40. The average Bonchev–Trinajstić information content (AvgIpc) is 3.83. The van der Waals surface area contributed by atoms with E-state index in [1.54, 1.807) is 44.2 Å². The molecule has 16 N–H and O–H groups in total. The maximum absolute atomic E-state index is 14.1. The number of primary amides is 3. The van der Waals surface area contributed by atoms with Gasteiger partial charge in [-0.2, -0.15) is 25.3 Å². The molecule has 0 aliphatic carbocycles. The summed E-state index contributed by atoms with van der Waals surface area (Å²) >= 11 is 8.35. The number of amides is 11. The van der Waals surface area contributed by atoms with E-state index < -0.39 is 132 Å². The number of carbonyl (C=O) groups is 11. The lowest BCUT2D eigenvalue weighted by molar-refractivity contribution is -0.142. The lowest BCUT2D eigenvalue weighted by Gasteiger charge is -2.30. The van der Waals surface area contributed by atoms with Crippen LogP contribution in [-0.2, 0) is 59.2 Å². The monoisotopic (exact) mass is 1050 g/mol. The van der Waals surface area contributed by atoms with Gasteiger partial charge in [0.15, 0.2) is 0 Å². The van der Waals surface area contributed by atoms with Crippen LogP contribution >= 0.6 is 25.3 Å². The van der Waals surface area contributed by atoms with Gasteiger partial charge in [0.05, 0.1) is 19.0 Å². The van der Waals surface area contributed by atoms with E-state index in [1.807, 2.05) is 13.8 Å². The molecule has 0 saturated carbocycles. The van der Waals surface area contributed by atoms with Crippen molar-refractivity contribution in [2.45, 2.75) is 146 Å². The first-order chi connectivity index (χ1) is 34.0. The third-order valence-corrected chi connectivity index (χ3v) is 12.5. The van der Waals surface area contributed by atoms with E-state index >= 15 is 0 Å². The highest BCUT2D eigenvalue weighted by Crippen LogP contribution is 2.20. The SMILES string of the molecule is CC[C@H](C)[C@H](NC(=O)[C@H](Cc1ccccc1)NC(=O)[C@@H](N)CS)C(=O)N[C@@H](CCCC(N)=O)C(=O)N[C@@H](CC(N)=O)C(=O)N[C@@H](CS)C(=O)N1CCC[C@H]1C(=O)N[C@@H](CCCNC(C)C)C(=O)NCC(N)=O. The van der Waals surface area contributed by atoms with Crippen LogP contribution in [0.25, 0.3) is 0 Å². The van der Waals surface area contributed by atoms with E-state index in [1.165, 1.54) is 4.90 Å². The molecule has 0 radical (unpaired) electrons. The smallest absolute Gasteiger partial charge is 0.246 e. The van der Waals surface area contributed by atoms with Crippen molar-refractivity contribution >= 4 is 90.2 Å². The maximum Gasteiger partial charge on any atom is 0.246 e. The zero-order chi connectivity index (χ0) is 54.1. The van der Waals surface area contributed by atoms with E-state index in [-0.39, 0.29) is 62.6 Å². The van der Waals surface area contributed by atoms with Gasteiger partial charge in [-0.05, 0) is 56.6 Å². The molecule has 2 rings (SSSR count). The fourth-order valence-corrected chi connectivity index (χ4v) is 7.98. The van der Waals surface area contributed by atoms with Crippen LogP contribution in [0.5, 0.6) is 0 Å². The molecule has 0 unspecified atom stereocenters. The van der Waals surface area contributed by atoms with Gasteiger partial charge in [-0.25, -0.2) is 0 Å². The number of hydrogen-bond donors (Lipinski definition) is 14. The second-order valence-corrected chi connectivity index (χ2v) is 18.7. The molecule has 1 fully saturated rings. The van der Waals surface area contributed by atoms with Crippen LogP contribution in [0.1, 0.15) is 91.0 Å². The second-order valence-electron chi connectivity index (χ2n) is 18.0. The Morgan fingerprint density at radius 1 is 0.667 bits per heavy atom. The molecule has 1 saturated heterocycles. The summed E-state index contributed by atoms with van der Waals surface area (Å²) in [6, 6.07) is -1.36. The zero-order valence-electron chi connectivity index (χ0n) is 41.4. The predicted molar refractivity (Wildman–Crippen MR) is 273 cm³/mol. The van der Waals surface area contributed by atoms with E-state index in [2.05, 4.69) is 67.8 Å². The van der Waals surface area contributed by atoms with Crippen molar-refractivity contribution < 1.29 is 52.7 Å². The first-order valence-corrected chi connectivity index (χ1v) is 25.3. The minimum absolute atomic E-state index is 0.0117. The van der Waals surface area contributed by atoms with Gasteiger partial charge in [0.25, 0.3) is 0 Å². The van der Waals surface area contributed by atoms with Crippen LogP contribution in [0.15, 0.2) is 30.3 Å². The highest BCUT2D eigenvalue weighted by atomic mass is 32.1. The van der Waals surface area contributed by atoms with Gasteiger partial charge in [0.1, 0.15) is 42.3 Å². The molecule has 9 atom stereocenters. The minimum Gasteiger partial charge on any atom is -0.370 e. The Morgan fingerprint density at radius 3 is 1.83 bits per heavy atom. The molecule has 26 heteroatoms. The Kier molecular flexibility index (Phi) is 27.7. The van der Waals surface area contributed by atoms with Crippen molar-refractivity contribution in [3.05, 3.63) is 35.9 Å². The van der Waals surface area contributed by atoms with Gasteiger partial charge in [0.2, 0.25) is 65.0 Å². The van der Waals surface area contributed by atoms with Crippen molar-refractivity contribution in [1.29, 1.82) is 0 Å². The largest absolute Gasteiger partial charge is 0.370 e.